The second-order valence-electron chi connectivity index (χ2n) is 9.01. The average molecular weight is 383 g/mol. The predicted molar refractivity (Wildman–Crippen MR) is 109 cm³/mol. The molecular weight excluding hydrogens is 352 g/mol. The Morgan fingerprint density at radius 3 is 2.07 bits per heavy atom. The van der Waals surface area contributed by atoms with Gasteiger partial charge < -0.3 is 19.7 Å². The topological polar surface area (TPSA) is 58.9 Å². The van der Waals surface area contributed by atoms with E-state index in [0.717, 1.165) is 28.9 Å². The highest BCUT2D eigenvalue weighted by Gasteiger charge is 2.56. The summed E-state index contributed by atoms with van der Waals surface area (Å²) in [4.78, 5) is 0. The Morgan fingerprint density at radius 2 is 1.50 bits per heavy atom. The van der Waals surface area contributed by atoms with Crippen LogP contribution in [-0.4, -0.2) is 34.6 Å². The molecule has 28 heavy (non-hydrogen) atoms. The monoisotopic (exact) mass is 382 g/mol. The van der Waals surface area contributed by atoms with Gasteiger partial charge in [-0.3, -0.25) is 0 Å². The first-order valence-electron chi connectivity index (χ1n) is 10.0. The van der Waals surface area contributed by atoms with Crippen molar-refractivity contribution in [1.82, 2.24) is 0 Å². The van der Waals surface area contributed by atoms with Crippen LogP contribution in [0.4, 0.5) is 0 Å². The second kappa shape index (κ2) is 6.87. The fraction of sp³-hybridized carbons (Fsp3) is 0.500. The highest BCUT2D eigenvalue weighted by atomic mass is 16.5. The molecule has 1 aliphatic heterocycles. The maximum atomic E-state index is 11.0. The summed E-state index contributed by atoms with van der Waals surface area (Å²) < 4.78 is 11.7. The molecule has 5 atom stereocenters. The quantitative estimate of drug-likeness (QED) is 0.829. The van der Waals surface area contributed by atoms with Gasteiger partial charge in [-0.25, -0.2) is 0 Å². The summed E-state index contributed by atoms with van der Waals surface area (Å²) in [6.07, 6.45) is 0.489. The van der Waals surface area contributed by atoms with Gasteiger partial charge in [0.05, 0.1) is 30.5 Å². The van der Waals surface area contributed by atoms with Crippen LogP contribution in [0.3, 0.4) is 0 Å². The molecule has 4 heteroatoms. The number of rotatable bonds is 3. The van der Waals surface area contributed by atoms with Crippen molar-refractivity contribution in [1.29, 1.82) is 0 Å². The Hall–Kier alpha value is -1.88. The van der Waals surface area contributed by atoms with Crippen molar-refractivity contribution in [2.75, 3.05) is 7.11 Å². The van der Waals surface area contributed by atoms with Crippen molar-refractivity contribution < 1.29 is 19.7 Å². The summed E-state index contributed by atoms with van der Waals surface area (Å²) in [5.41, 5.74) is 1.81. The average Bonchev–Trinajstić information content (AvgIpc) is 2.68. The van der Waals surface area contributed by atoms with E-state index in [1.165, 1.54) is 0 Å². The van der Waals surface area contributed by atoms with E-state index < -0.39 is 11.7 Å². The molecule has 0 amide bonds. The number of benzene rings is 2. The largest absolute Gasteiger partial charge is 0.497 e. The van der Waals surface area contributed by atoms with Crippen molar-refractivity contribution in [3.05, 3.63) is 54.1 Å². The number of ether oxygens (including phenoxy) is 2. The molecule has 2 unspecified atom stereocenters. The molecule has 2 aromatic carbocycles. The number of aliphatic hydroxyl groups is 2. The van der Waals surface area contributed by atoms with Crippen LogP contribution in [0, 0.1) is 11.8 Å². The first-order valence-corrected chi connectivity index (χ1v) is 10.0. The SMILES string of the molecule is COc1ccc(-c2ccc([C@@H]3OC(C)(C)C4CC3[C@](C)(O)[C@@H](O)C4)cc2)cc1. The van der Waals surface area contributed by atoms with E-state index in [9.17, 15) is 10.2 Å². The van der Waals surface area contributed by atoms with Crippen LogP contribution in [0.2, 0.25) is 0 Å². The van der Waals surface area contributed by atoms with Gasteiger partial charge in [0.25, 0.3) is 0 Å². The van der Waals surface area contributed by atoms with Crippen LogP contribution in [-0.2, 0) is 4.74 Å². The smallest absolute Gasteiger partial charge is 0.118 e. The number of hydrogen-bond acceptors (Lipinski definition) is 4. The van der Waals surface area contributed by atoms with Gasteiger partial charge in [-0.2, -0.15) is 0 Å². The molecule has 150 valence electrons. The predicted octanol–water partition coefficient (Wildman–Crippen LogP) is 4.35. The number of aliphatic hydroxyl groups excluding tert-OH is 1. The summed E-state index contributed by atoms with van der Waals surface area (Å²) in [7, 11) is 1.66. The minimum Gasteiger partial charge on any atom is -0.497 e. The van der Waals surface area contributed by atoms with Crippen LogP contribution in [0.1, 0.15) is 45.3 Å². The van der Waals surface area contributed by atoms with Gasteiger partial charge in [0.1, 0.15) is 5.75 Å². The van der Waals surface area contributed by atoms with Gasteiger partial charge >= 0.3 is 0 Å². The summed E-state index contributed by atoms with van der Waals surface area (Å²) in [5, 5.41) is 21.6. The van der Waals surface area contributed by atoms with Gasteiger partial charge in [0.15, 0.2) is 0 Å². The molecule has 2 fully saturated rings. The maximum Gasteiger partial charge on any atom is 0.118 e. The van der Waals surface area contributed by atoms with Crippen molar-refractivity contribution in [2.45, 2.75) is 57.0 Å². The lowest BCUT2D eigenvalue weighted by Gasteiger charge is -2.56. The zero-order valence-electron chi connectivity index (χ0n) is 17.1. The molecule has 4 rings (SSSR count). The normalized spacial score (nSPS) is 34.1. The van der Waals surface area contributed by atoms with Gasteiger partial charge in [-0.15, -0.1) is 0 Å². The molecule has 2 bridgehead atoms. The van der Waals surface area contributed by atoms with E-state index in [1.54, 1.807) is 14.0 Å². The standard InChI is InChI=1S/C24H30O4/c1-23(2)18-13-20(24(3,26)21(25)14-18)22(28-23)17-7-5-15(6-8-17)16-9-11-19(27-4)12-10-16/h5-12,18,20-22,25-26H,13-14H2,1-4H3/t18?,20?,21-,22-,24-/m0/s1. The summed E-state index contributed by atoms with van der Waals surface area (Å²) >= 11 is 0. The first-order chi connectivity index (χ1) is 13.2. The van der Waals surface area contributed by atoms with Gasteiger partial charge in [-0.05, 0) is 68.4 Å². The molecule has 4 nitrogen and oxygen atoms in total. The maximum absolute atomic E-state index is 11.0. The second-order valence-corrected chi connectivity index (χ2v) is 9.01. The van der Waals surface area contributed by atoms with E-state index in [2.05, 4.69) is 38.1 Å². The zero-order valence-corrected chi connectivity index (χ0v) is 17.1. The highest BCUT2D eigenvalue weighted by Crippen LogP contribution is 2.54. The Bertz CT molecular complexity index is 823. The third kappa shape index (κ3) is 3.24. The number of fused-ring (bicyclic) bond motifs is 2. The summed E-state index contributed by atoms with van der Waals surface area (Å²) in [6, 6.07) is 16.3. The molecule has 2 aromatic rings. The molecule has 0 spiro atoms. The molecule has 2 aliphatic rings. The Morgan fingerprint density at radius 1 is 0.929 bits per heavy atom. The van der Waals surface area contributed by atoms with Gasteiger partial charge in [0.2, 0.25) is 0 Å². The van der Waals surface area contributed by atoms with Gasteiger partial charge in [0, 0.05) is 5.92 Å². The van der Waals surface area contributed by atoms with Crippen molar-refractivity contribution in [2.24, 2.45) is 11.8 Å². The molecule has 1 saturated heterocycles. The van der Waals surface area contributed by atoms with Crippen LogP contribution in [0.25, 0.3) is 11.1 Å². The molecular formula is C24H30O4. The summed E-state index contributed by atoms with van der Waals surface area (Å²) in [5.74, 6) is 0.967. The van der Waals surface area contributed by atoms with Crippen LogP contribution >= 0.6 is 0 Å². The van der Waals surface area contributed by atoms with Crippen molar-refractivity contribution in [3.8, 4) is 16.9 Å². The minimum atomic E-state index is -1.15. The zero-order chi connectivity index (χ0) is 20.1. The van der Waals surface area contributed by atoms with Crippen LogP contribution < -0.4 is 4.74 Å². The molecule has 0 aromatic heterocycles. The number of hydrogen-bond donors (Lipinski definition) is 2. The fourth-order valence-electron chi connectivity index (χ4n) is 4.85. The van der Waals surface area contributed by atoms with Crippen LogP contribution in [0.15, 0.2) is 48.5 Å². The van der Waals surface area contributed by atoms with Gasteiger partial charge in [-0.1, -0.05) is 36.4 Å². The molecule has 0 radical (unpaired) electrons. The number of methoxy groups -OCH3 is 1. The van der Waals surface area contributed by atoms with Crippen LogP contribution in [0.5, 0.6) is 5.75 Å². The van der Waals surface area contributed by atoms with E-state index in [0.29, 0.717) is 6.42 Å². The Balaban J connectivity index is 1.63. The third-order valence-corrected chi connectivity index (χ3v) is 6.91. The van der Waals surface area contributed by atoms with E-state index >= 15 is 0 Å². The first kappa shape index (κ1) is 19.4. The van der Waals surface area contributed by atoms with Crippen molar-refractivity contribution >= 4 is 0 Å². The lowest BCUT2D eigenvalue weighted by atomic mass is 9.61. The minimum absolute atomic E-state index is 0.124. The lowest BCUT2D eigenvalue weighted by molar-refractivity contribution is -0.261. The fourth-order valence-corrected chi connectivity index (χ4v) is 4.85. The molecule has 2 N–H and O–H groups in total. The Labute approximate surface area is 167 Å². The summed E-state index contributed by atoms with van der Waals surface area (Å²) in [6.45, 7) is 5.94. The van der Waals surface area contributed by atoms with E-state index in [-0.39, 0.29) is 23.5 Å². The lowest BCUT2D eigenvalue weighted by Crippen LogP contribution is -2.60. The Kier molecular flexibility index (Phi) is 4.77. The molecule has 1 aliphatic carbocycles. The van der Waals surface area contributed by atoms with E-state index in [4.69, 9.17) is 9.47 Å². The van der Waals surface area contributed by atoms with E-state index in [1.807, 2.05) is 24.3 Å². The third-order valence-electron chi connectivity index (χ3n) is 6.91. The van der Waals surface area contributed by atoms with Crippen molar-refractivity contribution in [3.63, 3.8) is 0 Å². The highest BCUT2D eigenvalue weighted by molar-refractivity contribution is 5.64. The molecule has 1 saturated carbocycles. The molecule has 1 heterocycles.